The average molecular weight is 416 g/mol. The van der Waals surface area contributed by atoms with Crippen molar-refractivity contribution in [1.82, 2.24) is 14.2 Å². The lowest BCUT2D eigenvalue weighted by atomic mass is 10.1. The molecule has 0 atom stereocenters. The van der Waals surface area contributed by atoms with Crippen molar-refractivity contribution in [3.05, 3.63) is 82.9 Å². The summed E-state index contributed by atoms with van der Waals surface area (Å²) in [5.74, 6) is 0.523. The predicted octanol–water partition coefficient (Wildman–Crippen LogP) is 3.76. The van der Waals surface area contributed by atoms with Gasteiger partial charge in [0.1, 0.15) is 17.8 Å². The highest BCUT2D eigenvalue weighted by atomic mass is 16.5. The molecule has 0 radical (unpaired) electrons. The summed E-state index contributed by atoms with van der Waals surface area (Å²) in [6, 6.07) is 17.0. The molecule has 0 saturated carbocycles. The quantitative estimate of drug-likeness (QED) is 0.498. The van der Waals surface area contributed by atoms with E-state index in [1.807, 2.05) is 55.5 Å². The number of nitrogens with zero attached hydrogens (tertiary/aromatic N) is 3. The number of anilines is 1. The van der Waals surface area contributed by atoms with Crippen molar-refractivity contribution < 1.29 is 9.53 Å². The van der Waals surface area contributed by atoms with Crippen LogP contribution in [0.25, 0.3) is 16.8 Å². The molecular weight excluding hydrogens is 392 g/mol. The van der Waals surface area contributed by atoms with Crippen LogP contribution in [0.4, 0.5) is 5.69 Å². The Balaban J connectivity index is 1.53. The Morgan fingerprint density at radius 3 is 2.45 bits per heavy atom. The monoisotopic (exact) mass is 416 g/mol. The summed E-state index contributed by atoms with van der Waals surface area (Å²) in [6.07, 6.45) is 4.19. The van der Waals surface area contributed by atoms with E-state index in [-0.39, 0.29) is 18.0 Å². The first-order chi connectivity index (χ1) is 15.1. The van der Waals surface area contributed by atoms with Gasteiger partial charge in [-0.2, -0.15) is 5.10 Å². The van der Waals surface area contributed by atoms with Crippen LogP contribution in [-0.2, 0) is 17.8 Å². The van der Waals surface area contributed by atoms with Gasteiger partial charge < -0.3 is 14.6 Å². The molecule has 2 aromatic carbocycles. The molecule has 0 aliphatic carbocycles. The minimum atomic E-state index is -0.274. The van der Waals surface area contributed by atoms with Crippen LogP contribution in [0.2, 0.25) is 0 Å². The standard InChI is InChI=1S/C24H24N4O3/c1-3-17-5-9-19(10-6-17)25-23(29)16-27-13-14-28-22(24(27)30)15-21(26-28)18-7-11-20(12-8-18)31-4-2/h5-15H,3-4,16H2,1-2H3,(H,25,29). The summed E-state index contributed by atoms with van der Waals surface area (Å²) in [6.45, 7) is 4.54. The Morgan fingerprint density at radius 2 is 1.77 bits per heavy atom. The third-order valence-corrected chi connectivity index (χ3v) is 5.02. The molecule has 7 heteroatoms. The molecule has 0 aliphatic rings. The van der Waals surface area contributed by atoms with Gasteiger partial charge in [0.2, 0.25) is 5.91 Å². The Kier molecular flexibility index (Phi) is 5.84. The summed E-state index contributed by atoms with van der Waals surface area (Å²) in [5.41, 5.74) is 3.60. The molecule has 0 spiro atoms. The zero-order valence-electron chi connectivity index (χ0n) is 17.5. The Morgan fingerprint density at radius 1 is 1.03 bits per heavy atom. The molecule has 0 aliphatic heterocycles. The fourth-order valence-electron chi connectivity index (χ4n) is 3.36. The maximum absolute atomic E-state index is 12.9. The van der Waals surface area contributed by atoms with Gasteiger partial charge in [-0.15, -0.1) is 0 Å². The highest BCUT2D eigenvalue weighted by molar-refractivity contribution is 5.90. The third kappa shape index (κ3) is 4.50. The van der Waals surface area contributed by atoms with Crippen LogP contribution >= 0.6 is 0 Å². The molecule has 4 aromatic rings. The number of aromatic nitrogens is 3. The number of hydrogen-bond donors (Lipinski definition) is 1. The number of amides is 1. The second kappa shape index (κ2) is 8.87. The molecule has 0 fully saturated rings. The van der Waals surface area contributed by atoms with E-state index in [0.29, 0.717) is 23.5 Å². The lowest BCUT2D eigenvalue weighted by molar-refractivity contribution is -0.116. The molecule has 158 valence electrons. The van der Waals surface area contributed by atoms with Gasteiger partial charge in [-0.25, -0.2) is 4.52 Å². The van der Waals surface area contributed by atoms with Crippen LogP contribution in [0.5, 0.6) is 5.75 Å². The van der Waals surface area contributed by atoms with E-state index in [1.54, 1.807) is 18.5 Å². The van der Waals surface area contributed by atoms with Crippen molar-refractivity contribution in [2.75, 3.05) is 11.9 Å². The number of fused-ring (bicyclic) bond motifs is 1. The largest absolute Gasteiger partial charge is 0.494 e. The van der Waals surface area contributed by atoms with Crippen molar-refractivity contribution in [3.8, 4) is 17.0 Å². The number of rotatable bonds is 7. The first kappa shape index (κ1) is 20.4. The Bertz CT molecular complexity index is 1250. The summed E-state index contributed by atoms with van der Waals surface area (Å²) in [7, 11) is 0. The first-order valence-electron chi connectivity index (χ1n) is 10.3. The molecule has 7 nitrogen and oxygen atoms in total. The van der Waals surface area contributed by atoms with Crippen LogP contribution in [-0.4, -0.2) is 26.7 Å². The number of carbonyl (C=O) groups excluding carboxylic acids is 1. The van der Waals surface area contributed by atoms with Gasteiger partial charge in [0, 0.05) is 23.6 Å². The molecule has 1 N–H and O–H groups in total. The van der Waals surface area contributed by atoms with Gasteiger partial charge in [0.15, 0.2) is 0 Å². The lowest BCUT2D eigenvalue weighted by Crippen LogP contribution is -2.28. The van der Waals surface area contributed by atoms with Crippen molar-refractivity contribution in [2.24, 2.45) is 0 Å². The molecule has 4 rings (SSSR count). The van der Waals surface area contributed by atoms with Gasteiger partial charge in [-0.1, -0.05) is 19.1 Å². The maximum Gasteiger partial charge on any atom is 0.277 e. The number of aryl methyl sites for hydroxylation is 1. The van der Waals surface area contributed by atoms with Crippen molar-refractivity contribution in [3.63, 3.8) is 0 Å². The van der Waals surface area contributed by atoms with Crippen LogP contribution in [0.15, 0.2) is 71.8 Å². The van der Waals surface area contributed by atoms with E-state index in [4.69, 9.17) is 4.74 Å². The van der Waals surface area contributed by atoms with Gasteiger partial charge in [-0.05, 0) is 61.4 Å². The molecule has 0 bridgehead atoms. The summed E-state index contributed by atoms with van der Waals surface area (Å²) >= 11 is 0. The average Bonchev–Trinajstić information content (AvgIpc) is 3.22. The fraction of sp³-hybridized carbons (Fsp3) is 0.208. The van der Waals surface area contributed by atoms with Gasteiger partial charge in [-0.3, -0.25) is 9.59 Å². The molecule has 31 heavy (non-hydrogen) atoms. The summed E-state index contributed by atoms with van der Waals surface area (Å²) in [5, 5.41) is 7.32. The van der Waals surface area contributed by atoms with E-state index in [9.17, 15) is 9.59 Å². The molecule has 2 aromatic heterocycles. The second-order valence-corrected chi connectivity index (χ2v) is 7.15. The molecule has 2 heterocycles. The van der Waals surface area contributed by atoms with E-state index in [0.717, 1.165) is 17.7 Å². The highest BCUT2D eigenvalue weighted by Gasteiger charge is 2.12. The molecule has 0 unspecified atom stereocenters. The van der Waals surface area contributed by atoms with Crippen molar-refractivity contribution in [1.29, 1.82) is 0 Å². The van der Waals surface area contributed by atoms with Crippen molar-refractivity contribution >= 4 is 17.1 Å². The SMILES string of the molecule is CCOc1ccc(-c2cc3c(=O)n(CC(=O)Nc4ccc(CC)cc4)ccn3n2)cc1. The van der Waals surface area contributed by atoms with Crippen molar-refractivity contribution in [2.45, 2.75) is 26.8 Å². The topological polar surface area (TPSA) is 77.6 Å². The summed E-state index contributed by atoms with van der Waals surface area (Å²) in [4.78, 5) is 25.3. The molecular formula is C24H24N4O3. The van der Waals surface area contributed by atoms with E-state index in [2.05, 4.69) is 17.3 Å². The number of nitrogens with one attached hydrogen (secondary N) is 1. The van der Waals surface area contributed by atoms with Crippen LogP contribution in [0.3, 0.4) is 0 Å². The van der Waals surface area contributed by atoms with E-state index in [1.165, 1.54) is 14.6 Å². The molecule has 1 amide bonds. The zero-order valence-corrected chi connectivity index (χ0v) is 17.5. The van der Waals surface area contributed by atoms with E-state index < -0.39 is 0 Å². The zero-order chi connectivity index (χ0) is 21.8. The second-order valence-electron chi connectivity index (χ2n) is 7.15. The van der Waals surface area contributed by atoms with Crippen LogP contribution in [0.1, 0.15) is 19.4 Å². The highest BCUT2D eigenvalue weighted by Crippen LogP contribution is 2.22. The smallest absolute Gasteiger partial charge is 0.277 e. The van der Waals surface area contributed by atoms with Crippen LogP contribution < -0.4 is 15.6 Å². The molecule has 0 saturated heterocycles. The number of hydrogen-bond acceptors (Lipinski definition) is 4. The van der Waals surface area contributed by atoms with Gasteiger partial charge in [0.25, 0.3) is 5.56 Å². The first-order valence-corrected chi connectivity index (χ1v) is 10.3. The third-order valence-electron chi connectivity index (χ3n) is 5.02. The van der Waals surface area contributed by atoms with Gasteiger partial charge >= 0.3 is 0 Å². The summed E-state index contributed by atoms with van der Waals surface area (Å²) < 4.78 is 8.38. The van der Waals surface area contributed by atoms with Crippen LogP contribution in [0, 0.1) is 0 Å². The van der Waals surface area contributed by atoms with E-state index >= 15 is 0 Å². The fourth-order valence-corrected chi connectivity index (χ4v) is 3.36. The lowest BCUT2D eigenvalue weighted by Gasteiger charge is -2.08. The Hall–Kier alpha value is -3.87. The number of ether oxygens (including phenoxy) is 1. The minimum Gasteiger partial charge on any atom is -0.494 e. The van der Waals surface area contributed by atoms with Gasteiger partial charge in [0.05, 0.1) is 12.3 Å². The normalized spacial score (nSPS) is 10.9. The number of carbonyl (C=O) groups is 1. The minimum absolute atomic E-state index is 0.0750. The number of benzene rings is 2. The Labute approximate surface area is 179 Å². The predicted molar refractivity (Wildman–Crippen MR) is 121 cm³/mol. The maximum atomic E-state index is 12.9.